The molecule has 1 aromatic rings. The van der Waals surface area contributed by atoms with Crippen LogP contribution in [0.1, 0.15) is 38.3 Å². The Bertz CT molecular complexity index is 320. The van der Waals surface area contributed by atoms with Crippen LogP contribution in [0.15, 0.2) is 12.4 Å². The molecule has 0 spiro atoms. The van der Waals surface area contributed by atoms with E-state index in [9.17, 15) is 0 Å². The van der Waals surface area contributed by atoms with Crippen molar-refractivity contribution in [2.75, 3.05) is 26.2 Å². The van der Waals surface area contributed by atoms with E-state index in [0.29, 0.717) is 6.17 Å². The van der Waals surface area contributed by atoms with Crippen molar-refractivity contribution >= 4 is 0 Å². The third kappa shape index (κ3) is 2.57. The molecule has 100 valence electrons. The van der Waals surface area contributed by atoms with Crippen LogP contribution in [0.5, 0.6) is 0 Å². The van der Waals surface area contributed by atoms with Crippen molar-refractivity contribution in [3.8, 4) is 0 Å². The second kappa shape index (κ2) is 5.80. The first-order valence-corrected chi connectivity index (χ1v) is 7.26. The van der Waals surface area contributed by atoms with Gasteiger partial charge >= 0.3 is 0 Å². The first kappa shape index (κ1) is 12.1. The van der Waals surface area contributed by atoms with Gasteiger partial charge in [-0.1, -0.05) is 24.5 Å². The number of rotatable bonds is 3. The molecule has 1 saturated heterocycles. The van der Waals surface area contributed by atoms with Crippen molar-refractivity contribution in [2.45, 2.75) is 38.3 Å². The lowest BCUT2D eigenvalue weighted by atomic mass is 9.86. The van der Waals surface area contributed by atoms with E-state index in [4.69, 9.17) is 0 Å². The molecule has 5 nitrogen and oxygen atoms in total. The fourth-order valence-electron chi connectivity index (χ4n) is 3.42. The van der Waals surface area contributed by atoms with Gasteiger partial charge in [0.15, 0.2) is 0 Å². The number of nitrogens with zero attached hydrogens (tertiary/aromatic N) is 4. The van der Waals surface area contributed by atoms with Gasteiger partial charge in [0.1, 0.15) is 6.17 Å². The van der Waals surface area contributed by atoms with E-state index in [1.807, 2.05) is 6.20 Å². The summed E-state index contributed by atoms with van der Waals surface area (Å²) in [7, 11) is 0. The number of piperazine rings is 1. The molecule has 3 rings (SSSR count). The van der Waals surface area contributed by atoms with Crippen LogP contribution < -0.4 is 5.32 Å². The fourth-order valence-corrected chi connectivity index (χ4v) is 3.42. The van der Waals surface area contributed by atoms with Gasteiger partial charge in [-0.25, -0.2) is 4.68 Å². The molecule has 2 fully saturated rings. The minimum Gasteiger partial charge on any atom is -0.314 e. The standard InChI is InChI=1S/C13H23N5/c1-2-4-12(5-3-1)13(18-11-8-15-16-18)17-9-6-14-7-10-17/h8,11-14H,1-7,9-10H2. The highest BCUT2D eigenvalue weighted by Crippen LogP contribution is 2.34. The van der Waals surface area contributed by atoms with Crippen molar-refractivity contribution in [1.82, 2.24) is 25.2 Å². The van der Waals surface area contributed by atoms with Crippen molar-refractivity contribution in [2.24, 2.45) is 5.92 Å². The highest BCUT2D eigenvalue weighted by molar-refractivity contribution is 4.83. The number of hydrogen-bond acceptors (Lipinski definition) is 4. The molecule has 1 saturated carbocycles. The maximum atomic E-state index is 4.27. The molecular formula is C13H23N5. The largest absolute Gasteiger partial charge is 0.314 e. The average Bonchev–Trinajstić information content (AvgIpc) is 2.95. The van der Waals surface area contributed by atoms with Crippen LogP contribution in [0.4, 0.5) is 0 Å². The van der Waals surface area contributed by atoms with Crippen LogP contribution >= 0.6 is 0 Å². The Balaban J connectivity index is 1.78. The molecule has 18 heavy (non-hydrogen) atoms. The van der Waals surface area contributed by atoms with Gasteiger partial charge in [0, 0.05) is 32.4 Å². The predicted molar refractivity (Wildman–Crippen MR) is 70.1 cm³/mol. The van der Waals surface area contributed by atoms with Crippen molar-refractivity contribution in [3.63, 3.8) is 0 Å². The van der Waals surface area contributed by atoms with E-state index in [-0.39, 0.29) is 0 Å². The van der Waals surface area contributed by atoms with Crippen molar-refractivity contribution in [3.05, 3.63) is 12.4 Å². The smallest absolute Gasteiger partial charge is 0.108 e. The first-order chi connectivity index (χ1) is 8.95. The summed E-state index contributed by atoms with van der Waals surface area (Å²) in [6.07, 6.45) is 11.1. The Morgan fingerprint density at radius 1 is 1.11 bits per heavy atom. The third-order valence-corrected chi connectivity index (χ3v) is 4.31. The summed E-state index contributed by atoms with van der Waals surface area (Å²) in [6.45, 7) is 4.44. The minimum absolute atomic E-state index is 0.426. The summed E-state index contributed by atoms with van der Waals surface area (Å²) in [5, 5.41) is 11.7. The number of nitrogens with one attached hydrogen (secondary N) is 1. The normalized spacial score (nSPS) is 25.1. The highest BCUT2D eigenvalue weighted by Gasteiger charge is 2.31. The Morgan fingerprint density at radius 2 is 1.89 bits per heavy atom. The predicted octanol–water partition coefficient (Wildman–Crippen LogP) is 1.26. The van der Waals surface area contributed by atoms with Gasteiger partial charge in [0.25, 0.3) is 0 Å². The average molecular weight is 249 g/mol. The zero-order valence-corrected chi connectivity index (χ0v) is 11.0. The lowest BCUT2D eigenvalue weighted by Gasteiger charge is -2.40. The van der Waals surface area contributed by atoms with Crippen LogP contribution in [0.3, 0.4) is 0 Å². The Hall–Kier alpha value is -0.940. The van der Waals surface area contributed by atoms with Gasteiger partial charge in [-0.2, -0.15) is 0 Å². The maximum absolute atomic E-state index is 4.27. The molecule has 0 amide bonds. The first-order valence-electron chi connectivity index (χ1n) is 7.26. The van der Waals surface area contributed by atoms with Gasteiger partial charge in [-0.05, 0) is 18.8 Å². The minimum atomic E-state index is 0.426. The van der Waals surface area contributed by atoms with E-state index in [1.165, 1.54) is 32.1 Å². The molecule has 5 heteroatoms. The molecule has 1 aromatic heterocycles. The second-order valence-electron chi connectivity index (χ2n) is 5.48. The topological polar surface area (TPSA) is 46.0 Å². The molecule has 0 bridgehead atoms. The van der Waals surface area contributed by atoms with E-state index in [1.54, 1.807) is 6.20 Å². The Labute approximate surface area is 109 Å². The molecule has 1 aliphatic carbocycles. The summed E-state index contributed by atoms with van der Waals surface area (Å²) >= 11 is 0. The summed E-state index contributed by atoms with van der Waals surface area (Å²) in [5.74, 6) is 0.749. The fraction of sp³-hybridized carbons (Fsp3) is 0.846. The second-order valence-corrected chi connectivity index (χ2v) is 5.48. The van der Waals surface area contributed by atoms with Gasteiger partial charge in [-0.15, -0.1) is 5.10 Å². The van der Waals surface area contributed by atoms with Gasteiger partial charge in [0.05, 0.1) is 6.20 Å². The Kier molecular flexibility index (Phi) is 3.90. The molecule has 0 aromatic carbocycles. The van der Waals surface area contributed by atoms with Crippen LogP contribution in [0.2, 0.25) is 0 Å². The molecule has 1 N–H and O–H groups in total. The summed E-state index contributed by atoms with van der Waals surface area (Å²) in [6, 6.07) is 0. The lowest BCUT2D eigenvalue weighted by Crippen LogP contribution is -2.49. The van der Waals surface area contributed by atoms with Crippen LogP contribution in [-0.2, 0) is 0 Å². The van der Waals surface area contributed by atoms with Gasteiger partial charge in [0.2, 0.25) is 0 Å². The molecule has 2 heterocycles. The number of hydrogen-bond donors (Lipinski definition) is 1. The SMILES string of the molecule is c1cn(C(C2CCCCC2)N2CCNCC2)nn1. The molecule has 0 radical (unpaired) electrons. The third-order valence-electron chi connectivity index (χ3n) is 4.31. The van der Waals surface area contributed by atoms with E-state index >= 15 is 0 Å². The zero-order valence-electron chi connectivity index (χ0n) is 11.0. The maximum Gasteiger partial charge on any atom is 0.108 e. The lowest BCUT2D eigenvalue weighted by molar-refractivity contribution is 0.0425. The quantitative estimate of drug-likeness (QED) is 0.876. The van der Waals surface area contributed by atoms with Crippen LogP contribution in [0.25, 0.3) is 0 Å². The summed E-state index contributed by atoms with van der Waals surface area (Å²) in [5.41, 5.74) is 0. The Morgan fingerprint density at radius 3 is 2.56 bits per heavy atom. The van der Waals surface area contributed by atoms with Gasteiger partial charge in [-0.3, -0.25) is 4.90 Å². The zero-order chi connectivity index (χ0) is 12.2. The monoisotopic (exact) mass is 249 g/mol. The summed E-state index contributed by atoms with van der Waals surface area (Å²) < 4.78 is 2.08. The number of aromatic nitrogens is 3. The molecule has 1 atom stereocenters. The van der Waals surface area contributed by atoms with Crippen LogP contribution in [-0.4, -0.2) is 46.1 Å². The summed E-state index contributed by atoms with van der Waals surface area (Å²) in [4.78, 5) is 2.58. The van der Waals surface area contributed by atoms with E-state index < -0.39 is 0 Å². The van der Waals surface area contributed by atoms with E-state index in [0.717, 1.165) is 32.1 Å². The molecule has 1 aliphatic heterocycles. The molecule has 2 aliphatic rings. The van der Waals surface area contributed by atoms with Crippen molar-refractivity contribution < 1.29 is 0 Å². The molecular weight excluding hydrogens is 226 g/mol. The van der Waals surface area contributed by atoms with Crippen molar-refractivity contribution in [1.29, 1.82) is 0 Å². The van der Waals surface area contributed by atoms with E-state index in [2.05, 4.69) is 25.2 Å². The van der Waals surface area contributed by atoms with Crippen LogP contribution in [0, 0.1) is 5.92 Å². The highest BCUT2D eigenvalue weighted by atomic mass is 15.5. The molecule has 1 unspecified atom stereocenters. The van der Waals surface area contributed by atoms with Gasteiger partial charge < -0.3 is 5.32 Å².